The minimum absolute atomic E-state index is 0.00991. The van der Waals surface area contributed by atoms with Crippen LogP contribution in [0.15, 0.2) is 24.4 Å². The Balaban J connectivity index is 1.76. The zero-order chi connectivity index (χ0) is 17.3. The second kappa shape index (κ2) is 6.32. The highest BCUT2D eigenvalue weighted by Gasteiger charge is 2.24. The van der Waals surface area contributed by atoms with E-state index in [-0.39, 0.29) is 11.6 Å². The number of carbonyl (C=O) groups excluding carboxylic acids is 1. The Kier molecular flexibility index (Phi) is 4.21. The number of rotatable bonds is 3. The molecule has 0 spiro atoms. The van der Waals surface area contributed by atoms with E-state index in [1.54, 1.807) is 22.7 Å². The number of hydrogen-bond acceptors (Lipinski definition) is 4. The third-order valence-corrected chi connectivity index (χ3v) is 4.20. The molecule has 6 nitrogen and oxygen atoms in total. The average Bonchev–Trinajstić information content (AvgIpc) is 3.12. The molecule has 1 saturated heterocycles. The summed E-state index contributed by atoms with van der Waals surface area (Å²) in [5, 5.41) is 15.9. The quantitative estimate of drug-likeness (QED) is 0.873. The Morgan fingerprint density at radius 1 is 1.50 bits per heavy atom. The fourth-order valence-corrected chi connectivity index (χ4v) is 2.98. The van der Waals surface area contributed by atoms with E-state index in [4.69, 9.17) is 5.26 Å². The molecule has 0 saturated carbocycles. The number of amides is 1. The normalized spacial score (nSPS) is 16.9. The second-order valence-corrected chi connectivity index (χ2v) is 6.00. The average molecular weight is 327 g/mol. The van der Waals surface area contributed by atoms with Crippen molar-refractivity contribution in [3.05, 3.63) is 41.5 Å². The lowest BCUT2D eigenvalue weighted by Gasteiger charge is -2.13. The van der Waals surface area contributed by atoms with Gasteiger partial charge < -0.3 is 10.2 Å². The van der Waals surface area contributed by atoms with Crippen LogP contribution in [-0.2, 0) is 7.05 Å². The highest BCUT2D eigenvalue weighted by molar-refractivity contribution is 5.95. The molecule has 124 valence electrons. The standard InChI is InChI=1S/C17H18FN5O/c1-11-15(9-22(2)21-11)12-3-4-14(16(18)7-12)17(24)20-13-5-6-23(8-13)10-19/h3-4,7,9,13H,5-6,8H2,1-2H3,(H,20,24)/t13-/m1/s1. The van der Waals surface area contributed by atoms with Gasteiger partial charge in [-0.05, 0) is 31.0 Å². The van der Waals surface area contributed by atoms with Crippen LogP contribution in [0.1, 0.15) is 22.5 Å². The molecule has 1 amide bonds. The molecular formula is C17H18FN5O. The van der Waals surface area contributed by atoms with Crippen LogP contribution in [0.25, 0.3) is 11.1 Å². The van der Waals surface area contributed by atoms with Crippen LogP contribution in [0.5, 0.6) is 0 Å². The first-order valence-electron chi connectivity index (χ1n) is 7.73. The Morgan fingerprint density at radius 2 is 2.29 bits per heavy atom. The molecule has 1 aromatic carbocycles. The number of halogens is 1. The summed E-state index contributed by atoms with van der Waals surface area (Å²) in [4.78, 5) is 13.8. The molecular weight excluding hydrogens is 309 g/mol. The highest BCUT2D eigenvalue weighted by Crippen LogP contribution is 2.24. The van der Waals surface area contributed by atoms with Crippen molar-refractivity contribution in [3.8, 4) is 17.3 Å². The van der Waals surface area contributed by atoms with Crippen LogP contribution in [0, 0.1) is 24.2 Å². The lowest BCUT2D eigenvalue weighted by Crippen LogP contribution is -2.36. The maximum Gasteiger partial charge on any atom is 0.254 e. The molecule has 0 radical (unpaired) electrons. The fourth-order valence-electron chi connectivity index (χ4n) is 2.98. The zero-order valence-corrected chi connectivity index (χ0v) is 13.6. The van der Waals surface area contributed by atoms with Crippen molar-refractivity contribution in [3.63, 3.8) is 0 Å². The Labute approximate surface area is 139 Å². The van der Waals surface area contributed by atoms with Gasteiger partial charge in [0.15, 0.2) is 6.19 Å². The van der Waals surface area contributed by atoms with Crippen molar-refractivity contribution in [2.45, 2.75) is 19.4 Å². The van der Waals surface area contributed by atoms with Crippen molar-refractivity contribution in [1.82, 2.24) is 20.0 Å². The first-order chi connectivity index (χ1) is 11.5. The molecule has 1 aromatic heterocycles. The van der Waals surface area contributed by atoms with Gasteiger partial charge in [-0.1, -0.05) is 6.07 Å². The van der Waals surface area contributed by atoms with E-state index >= 15 is 0 Å². The number of nitrogens with one attached hydrogen (secondary N) is 1. The maximum atomic E-state index is 14.4. The topological polar surface area (TPSA) is 74.0 Å². The van der Waals surface area contributed by atoms with Crippen molar-refractivity contribution < 1.29 is 9.18 Å². The van der Waals surface area contributed by atoms with Gasteiger partial charge in [-0.2, -0.15) is 10.4 Å². The van der Waals surface area contributed by atoms with Crippen molar-refractivity contribution >= 4 is 5.91 Å². The Hall–Kier alpha value is -2.88. The van der Waals surface area contributed by atoms with Gasteiger partial charge in [-0.25, -0.2) is 4.39 Å². The predicted molar refractivity (Wildman–Crippen MR) is 86.4 cm³/mol. The largest absolute Gasteiger partial charge is 0.347 e. The van der Waals surface area contributed by atoms with Crippen LogP contribution in [0.4, 0.5) is 4.39 Å². The summed E-state index contributed by atoms with van der Waals surface area (Å²) in [7, 11) is 1.81. The van der Waals surface area contributed by atoms with Crippen molar-refractivity contribution in [1.29, 1.82) is 5.26 Å². The number of nitrogens with zero attached hydrogens (tertiary/aromatic N) is 4. The van der Waals surface area contributed by atoms with Gasteiger partial charge >= 0.3 is 0 Å². The van der Waals surface area contributed by atoms with E-state index in [0.717, 1.165) is 11.3 Å². The van der Waals surface area contributed by atoms with Gasteiger partial charge in [0.05, 0.1) is 11.3 Å². The van der Waals surface area contributed by atoms with Crippen LogP contribution in [-0.4, -0.2) is 39.7 Å². The minimum atomic E-state index is -0.566. The van der Waals surface area contributed by atoms with Gasteiger partial charge in [0.25, 0.3) is 5.91 Å². The number of nitriles is 1. The summed E-state index contributed by atoms with van der Waals surface area (Å²) < 4.78 is 16.1. The molecule has 7 heteroatoms. The van der Waals surface area contributed by atoms with Gasteiger partial charge in [0.1, 0.15) is 5.82 Å². The summed E-state index contributed by atoms with van der Waals surface area (Å²) in [5.74, 6) is -1.02. The molecule has 1 fully saturated rings. The van der Waals surface area contributed by atoms with Gasteiger partial charge in [0, 0.05) is 37.9 Å². The molecule has 0 aliphatic carbocycles. The summed E-state index contributed by atoms with van der Waals surface area (Å²) >= 11 is 0. The smallest absolute Gasteiger partial charge is 0.254 e. The molecule has 3 rings (SSSR count). The third-order valence-electron chi connectivity index (χ3n) is 4.20. The predicted octanol–water partition coefficient (Wildman–Crippen LogP) is 1.82. The van der Waals surface area contributed by atoms with E-state index in [2.05, 4.69) is 16.6 Å². The SMILES string of the molecule is Cc1nn(C)cc1-c1ccc(C(=O)N[C@@H]2CCN(C#N)C2)c(F)c1. The first kappa shape index (κ1) is 16.0. The second-order valence-electron chi connectivity index (χ2n) is 6.00. The van der Waals surface area contributed by atoms with Crippen molar-refractivity contribution in [2.75, 3.05) is 13.1 Å². The minimum Gasteiger partial charge on any atom is -0.347 e. The number of benzene rings is 1. The maximum absolute atomic E-state index is 14.4. The highest BCUT2D eigenvalue weighted by atomic mass is 19.1. The summed E-state index contributed by atoms with van der Waals surface area (Å²) in [6, 6.07) is 4.44. The fraction of sp³-hybridized carbons (Fsp3) is 0.353. The lowest BCUT2D eigenvalue weighted by molar-refractivity contribution is 0.0935. The van der Waals surface area contributed by atoms with Crippen LogP contribution >= 0.6 is 0 Å². The van der Waals surface area contributed by atoms with Crippen LogP contribution in [0.2, 0.25) is 0 Å². The van der Waals surface area contributed by atoms with Gasteiger partial charge in [0.2, 0.25) is 0 Å². The van der Waals surface area contributed by atoms with Crippen LogP contribution in [0.3, 0.4) is 0 Å². The monoisotopic (exact) mass is 327 g/mol. The van der Waals surface area contributed by atoms with Gasteiger partial charge in [-0.15, -0.1) is 0 Å². The summed E-state index contributed by atoms with van der Waals surface area (Å²) in [5.41, 5.74) is 2.34. The Morgan fingerprint density at radius 3 is 2.88 bits per heavy atom. The van der Waals surface area contributed by atoms with Gasteiger partial charge in [-0.3, -0.25) is 9.48 Å². The molecule has 2 heterocycles. The number of carbonyl (C=O) groups is 1. The summed E-state index contributed by atoms with van der Waals surface area (Å²) in [6.07, 6.45) is 4.56. The Bertz CT molecular complexity index is 823. The van der Waals surface area contributed by atoms with E-state index in [9.17, 15) is 9.18 Å². The number of aryl methyl sites for hydroxylation is 2. The molecule has 2 aromatic rings. The van der Waals surface area contributed by atoms with E-state index in [1.807, 2.05) is 13.1 Å². The molecule has 1 N–H and O–H groups in total. The lowest BCUT2D eigenvalue weighted by atomic mass is 10.0. The first-order valence-corrected chi connectivity index (χ1v) is 7.73. The molecule has 0 bridgehead atoms. The molecule has 1 aliphatic rings. The number of likely N-dealkylation sites (tertiary alicyclic amines) is 1. The molecule has 0 unspecified atom stereocenters. The van der Waals surface area contributed by atoms with Crippen LogP contribution < -0.4 is 5.32 Å². The third kappa shape index (κ3) is 3.08. The molecule has 1 aliphatic heterocycles. The van der Waals surface area contributed by atoms with E-state index in [0.29, 0.717) is 25.1 Å². The summed E-state index contributed by atoms with van der Waals surface area (Å²) in [6.45, 7) is 2.94. The van der Waals surface area contributed by atoms with E-state index in [1.165, 1.54) is 12.1 Å². The molecule has 24 heavy (non-hydrogen) atoms. The van der Waals surface area contributed by atoms with E-state index < -0.39 is 11.7 Å². The number of aromatic nitrogens is 2. The van der Waals surface area contributed by atoms with Crippen molar-refractivity contribution in [2.24, 2.45) is 7.05 Å². The zero-order valence-electron chi connectivity index (χ0n) is 13.6. The number of hydrogen-bond donors (Lipinski definition) is 1. The molecule has 1 atom stereocenters.